The number of sulfonamides is 1. The average Bonchev–Trinajstić information content (AvgIpc) is 2.91. The predicted molar refractivity (Wildman–Crippen MR) is 149 cm³/mol. The molecule has 11 heteroatoms. The molecule has 1 amide bonds. The molecular weight excluding hydrogens is 544 g/mol. The maximum Gasteiger partial charge on any atom is 0.264 e. The maximum absolute atomic E-state index is 13.9. The van der Waals surface area contributed by atoms with Gasteiger partial charge in [-0.1, -0.05) is 11.6 Å². The lowest BCUT2D eigenvalue weighted by molar-refractivity contribution is -0.120. The van der Waals surface area contributed by atoms with Gasteiger partial charge in [-0.25, -0.2) is 8.42 Å². The number of nitrogens with zero attached hydrogens (tertiary/aromatic N) is 1. The van der Waals surface area contributed by atoms with Gasteiger partial charge < -0.3 is 24.3 Å². The number of amides is 1. The van der Waals surface area contributed by atoms with Crippen molar-refractivity contribution in [1.29, 1.82) is 0 Å². The highest BCUT2D eigenvalue weighted by Crippen LogP contribution is 2.41. The molecule has 1 aliphatic rings. The fourth-order valence-corrected chi connectivity index (χ4v) is 6.05. The van der Waals surface area contributed by atoms with Gasteiger partial charge in [-0.3, -0.25) is 9.10 Å². The fraction of sp³-hybridized carbons (Fsp3) is 0.321. The Kier molecular flexibility index (Phi) is 8.17. The lowest BCUT2D eigenvalue weighted by Gasteiger charge is -2.38. The predicted octanol–water partition coefficient (Wildman–Crippen LogP) is 4.98. The third-order valence-corrected chi connectivity index (χ3v) is 8.38. The largest absolute Gasteiger partial charge is 0.497 e. The molecule has 0 saturated carbocycles. The minimum Gasteiger partial charge on any atom is -0.497 e. The molecule has 3 aromatic rings. The molecule has 0 spiro atoms. The van der Waals surface area contributed by atoms with E-state index < -0.39 is 34.1 Å². The summed E-state index contributed by atoms with van der Waals surface area (Å²) in [5, 5.41) is 3.44. The number of carbonyl (C=O) groups is 1. The minimum absolute atomic E-state index is 0.0646. The van der Waals surface area contributed by atoms with E-state index in [-0.39, 0.29) is 16.3 Å². The number of anilines is 1. The number of benzene rings is 3. The average molecular weight is 575 g/mol. The number of hydrogen-bond donors (Lipinski definition) is 1. The van der Waals surface area contributed by atoms with Gasteiger partial charge in [0.2, 0.25) is 5.91 Å². The van der Waals surface area contributed by atoms with E-state index in [0.29, 0.717) is 28.7 Å². The monoisotopic (exact) mass is 574 g/mol. The molecule has 9 nitrogen and oxygen atoms in total. The van der Waals surface area contributed by atoms with Crippen molar-refractivity contribution in [3.8, 4) is 23.0 Å². The van der Waals surface area contributed by atoms with Gasteiger partial charge in [0.05, 0.1) is 38.0 Å². The Morgan fingerprint density at radius 3 is 2.33 bits per heavy atom. The Balaban J connectivity index is 1.68. The number of ether oxygens (including phenoxy) is 4. The van der Waals surface area contributed by atoms with Gasteiger partial charge in [0.15, 0.2) is 11.5 Å². The first kappa shape index (κ1) is 28.4. The summed E-state index contributed by atoms with van der Waals surface area (Å²) in [6.45, 7) is 3.39. The molecule has 1 atom stereocenters. The van der Waals surface area contributed by atoms with E-state index in [1.807, 2.05) is 19.9 Å². The Bertz CT molecular complexity index is 1460. The Morgan fingerprint density at radius 1 is 1.00 bits per heavy atom. The van der Waals surface area contributed by atoms with Crippen LogP contribution in [0.1, 0.15) is 31.9 Å². The van der Waals surface area contributed by atoms with Gasteiger partial charge in [0.1, 0.15) is 23.6 Å². The van der Waals surface area contributed by atoms with Gasteiger partial charge in [-0.05, 0) is 68.4 Å². The molecule has 1 N–H and O–H groups in total. The van der Waals surface area contributed by atoms with Crippen molar-refractivity contribution in [1.82, 2.24) is 5.32 Å². The van der Waals surface area contributed by atoms with Gasteiger partial charge in [0, 0.05) is 23.1 Å². The molecule has 0 fully saturated rings. The van der Waals surface area contributed by atoms with Crippen LogP contribution in [0, 0.1) is 0 Å². The van der Waals surface area contributed by atoms with E-state index >= 15 is 0 Å². The molecule has 3 aromatic carbocycles. The first-order chi connectivity index (χ1) is 18.5. The summed E-state index contributed by atoms with van der Waals surface area (Å²) >= 11 is 6.05. The van der Waals surface area contributed by atoms with Crippen molar-refractivity contribution in [2.45, 2.75) is 36.8 Å². The smallest absolute Gasteiger partial charge is 0.264 e. The molecule has 208 valence electrons. The van der Waals surface area contributed by atoms with Crippen molar-refractivity contribution in [3.63, 3.8) is 0 Å². The zero-order valence-corrected chi connectivity index (χ0v) is 23.9. The fourth-order valence-electron chi connectivity index (χ4n) is 4.49. The Hall–Kier alpha value is -3.63. The Labute approximate surface area is 233 Å². The van der Waals surface area contributed by atoms with E-state index in [1.165, 1.54) is 32.4 Å². The van der Waals surface area contributed by atoms with Crippen LogP contribution in [0.3, 0.4) is 0 Å². The van der Waals surface area contributed by atoms with E-state index in [2.05, 4.69) is 5.32 Å². The molecule has 1 unspecified atom stereocenters. The topological polar surface area (TPSA) is 103 Å². The third kappa shape index (κ3) is 6.17. The Morgan fingerprint density at radius 2 is 1.69 bits per heavy atom. The molecule has 39 heavy (non-hydrogen) atoms. The summed E-state index contributed by atoms with van der Waals surface area (Å²) in [5.74, 6) is 1.38. The van der Waals surface area contributed by atoms with Crippen molar-refractivity contribution in [2.75, 3.05) is 32.2 Å². The molecular formula is C28H31ClN2O7S. The highest BCUT2D eigenvalue weighted by atomic mass is 35.5. The summed E-state index contributed by atoms with van der Waals surface area (Å²) < 4.78 is 50.8. The molecule has 1 aliphatic heterocycles. The van der Waals surface area contributed by atoms with Crippen LogP contribution in [0.15, 0.2) is 65.6 Å². The van der Waals surface area contributed by atoms with Crippen LogP contribution in [0.2, 0.25) is 5.02 Å². The minimum atomic E-state index is -4.21. The number of methoxy groups -OCH3 is 3. The SMILES string of the molecule is COc1ccc2c(c1)C(NC(=O)CN(c1ccc(Cl)cc1)S(=O)(=O)c1ccc(OC)c(OC)c1)CC(C)(C)O2. The molecule has 1 heterocycles. The summed E-state index contributed by atoms with van der Waals surface area (Å²) in [6.07, 6.45) is 0.474. The number of hydrogen-bond acceptors (Lipinski definition) is 7. The molecule has 0 radical (unpaired) electrons. The second-order valence-corrected chi connectivity index (χ2v) is 11.9. The zero-order chi connectivity index (χ0) is 28.4. The third-order valence-electron chi connectivity index (χ3n) is 6.35. The number of halogens is 1. The normalized spacial score (nSPS) is 15.9. The van der Waals surface area contributed by atoms with Gasteiger partial charge in [-0.15, -0.1) is 0 Å². The van der Waals surface area contributed by atoms with Crippen molar-refractivity contribution >= 4 is 33.2 Å². The second-order valence-electron chi connectivity index (χ2n) is 9.59. The summed E-state index contributed by atoms with van der Waals surface area (Å²) in [4.78, 5) is 13.4. The first-order valence-corrected chi connectivity index (χ1v) is 14.0. The molecule has 0 saturated heterocycles. The number of carbonyl (C=O) groups excluding carboxylic acids is 1. The molecule has 4 rings (SSSR count). The second kappa shape index (κ2) is 11.2. The van der Waals surface area contributed by atoms with Crippen LogP contribution in [-0.2, 0) is 14.8 Å². The lowest BCUT2D eigenvalue weighted by Crippen LogP contribution is -2.45. The summed E-state index contributed by atoms with van der Waals surface area (Å²) in [7, 11) is 0.234. The molecule has 0 aliphatic carbocycles. The number of rotatable bonds is 9. The lowest BCUT2D eigenvalue weighted by atomic mass is 9.89. The van der Waals surface area contributed by atoms with E-state index in [0.717, 1.165) is 9.87 Å². The highest BCUT2D eigenvalue weighted by molar-refractivity contribution is 7.92. The summed E-state index contributed by atoms with van der Waals surface area (Å²) in [5.41, 5.74) is 0.475. The van der Waals surface area contributed by atoms with Crippen LogP contribution in [0.5, 0.6) is 23.0 Å². The standard InChI is InChI=1S/C28H31ClN2O7S/c1-28(2)16-23(22-14-20(35-3)10-12-24(22)38-28)30-27(32)17-31(19-8-6-18(29)7-9-19)39(33,34)21-11-13-25(36-4)26(15-21)37-5/h6-15,23H,16-17H2,1-5H3,(H,30,32). The molecule has 0 bridgehead atoms. The number of fused-ring (bicyclic) bond motifs is 1. The van der Waals surface area contributed by atoms with Crippen LogP contribution in [-0.4, -0.2) is 47.8 Å². The first-order valence-electron chi connectivity index (χ1n) is 12.1. The van der Waals surface area contributed by atoms with Crippen LogP contribution in [0.4, 0.5) is 5.69 Å². The van der Waals surface area contributed by atoms with Gasteiger partial charge in [-0.2, -0.15) is 0 Å². The van der Waals surface area contributed by atoms with Crippen molar-refractivity contribution in [2.24, 2.45) is 0 Å². The van der Waals surface area contributed by atoms with Crippen molar-refractivity contribution in [3.05, 3.63) is 71.2 Å². The van der Waals surface area contributed by atoms with E-state index in [4.69, 9.17) is 30.5 Å². The van der Waals surface area contributed by atoms with E-state index in [9.17, 15) is 13.2 Å². The zero-order valence-electron chi connectivity index (χ0n) is 22.4. The maximum atomic E-state index is 13.9. The highest BCUT2D eigenvalue weighted by Gasteiger charge is 2.36. The number of nitrogens with one attached hydrogen (secondary N) is 1. The van der Waals surface area contributed by atoms with Crippen LogP contribution >= 0.6 is 11.6 Å². The van der Waals surface area contributed by atoms with Crippen LogP contribution in [0.25, 0.3) is 0 Å². The van der Waals surface area contributed by atoms with E-state index in [1.54, 1.807) is 43.5 Å². The quantitative estimate of drug-likeness (QED) is 0.384. The van der Waals surface area contributed by atoms with Gasteiger partial charge >= 0.3 is 0 Å². The van der Waals surface area contributed by atoms with Crippen LogP contribution < -0.4 is 28.6 Å². The summed E-state index contributed by atoms with van der Waals surface area (Å²) in [6, 6.07) is 15.5. The van der Waals surface area contributed by atoms with Gasteiger partial charge in [0.25, 0.3) is 10.0 Å². The molecule has 0 aromatic heterocycles. The van der Waals surface area contributed by atoms with Crippen molar-refractivity contribution < 1.29 is 32.2 Å².